The number of ether oxygens (including phenoxy) is 2. The molecule has 0 unspecified atom stereocenters. The van der Waals surface area contributed by atoms with Gasteiger partial charge in [0.15, 0.2) is 11.5 Å². The molecule has 0 saturated heterocycles. The Bertz CT molecular complexity index is 361. The lowest BCUT2D eigenvalue weighted by atomic mass is 10.1. The highest BCUT2D eigenvalue weighted by molar-refractivity contribution is 5.83. The summed E-state index contributed by atoms with van der Waals surface area (Å²) >= 11 is 0. The van der Waals surface area contributed by atoms with E-state index in [1.54, 1.807) is 21.1 Å². The van der Waals surface area contributed by atoms with E-state index in [1.807, 2.05) is 18.2 Å². The highest BCUT2D eigenvalue weighted by atomic mass is 16.5. The van der Waals surface area contributed by atoms with Crippen molar-refractivity contribution < 1.29 is 14.7 Å². The van der Waals surface area contributed by atoms with Gasteiger partial charge in [-0.05, 0) is 24.6 Å². The number of methoxy groups -OCH3 is 2. The van der Waals surface area contributed by atoms with Crippen LogP contribution in [0.5, 0.6) is 11.5 Å². The number of nitrogens with zero attached hydrogens (tertiary/aromatic N) is 1. The quantitative estimate of drug-likeness (QED) is 0.469. The molecule has 0 aliphatic rings. The van der Waals surface area contributed by atoms with Crippen LogP contribution in [0.25, 0.3) is 0 Å². The van der Waals surface area contributed by atoms with Gasteiger partial charge in [-0.2, -0.15) is 0 Å². The molecule has 4 heteroatoms. The molecule has 0 aliphatic heterocycles. The smallest absolute Gasteiger partial charge is 0.160 e. The van der Waals surface area contributed by atoms with Crippen molar-refractivity contribution in [3.63, 3.8) is 0 Å². The molecular formula is C11H15NO3. The Balaban J connectivity index is 2.93. The van der Waals surface area contributed by atoms with Crippen molar-refractivity contribution in [3.05, 3.63) is 23.8 Å². The van der Waals surface area contributed by atoms with Crippen LogP contribution in [0.4, 0.5) is 0 Å². The van der Waals surface area contributed by atoms with Gasteiger partial charge in [-0.1, -0.05) is 11.2 Å². The summed E-state index contributed by atoms with van der Waals surface area (Å²) in [4.78, 5) is 0. The van der Waals surface area contributed by atoms with Crippen LogP contribution >= 0.6 is 0 Å². The number of oxime groups is 1. The van der Waals surface area contributed by atoms with Crippen LogP contribution in [0.1, 0.15) is 12.5 Å². The molecule has 15 heavy (non-hydrogen) atoms. The van der Waals surface area contributed by atoms with Crippen molar-refractivity contribution in [3.8, 4) is 11.5 Å². The maximum absolute atomic E-state index is 8.56. The fourth-order valence-electron chi connectivity index (χ4n) is 1.32. The van der Waals surface area contributed by atoms with Crippen LogP contribution in [0, 0.1) is 0 Å². The Kier molecular flexibility index (Phi) is 3.97. The van der Waals surface area contributed by atoms with E-state index in [-0.39, 0.29) is 0 Å². The molecule has 0 radical (unpaired) electrons. The van der Waals surface area contributed by atoms with E-state index in [0.29, 0.717) is 23.6 Å². The van der Waals surface area contributed by atoms with Crippen LogP contribution in [0.3, 0.4) is 0 Å². The van der Waals surface area contributed by atoms with Gasteiger partial charge in [0.05, 0.1) is 19.9 Å². The van der Waals surface area contributed by atoms with Crippen molar-refractivity contribution in [1.82, 2.24) is 0 Å². The molecular weight excluding hydrogens is 194 g/mol. The molecule has 4 nitrogen and oxygen atoms in total. The van der Waals surface area contributed by atoms with Crippen LogP contribution < -0.4 is 9.47 Å². The molecule has 1 N–H and O–H groups in total. The highest BCUT2D eigenvalue weighted by Gasteiger charge is 2.05. The third-order valence-electron chi connectivity index (χ3n) is 2.08. The third-order valence-corrected chi connectivity index (χ3v) is 2.08. The van der Waals surface area contributed by atoms with E-state index in [0.717, 1.165) is 5.56 Å². The number of benzene rings is 1. The Labute approximate surface area is 89.1 Å². The zero-order valence-electron chi connectivity index (χ0n) is 9.15. The number of hydrogen-bond acceptors (Lipinski definition) is 4. The summed E-state index contributed by atoms with van der Waals surface area (Å²) in [5, 5.41) is 11.7. The SMILES string of the molecule is COc1ccc(CC(C)=NO)cc1OC. The van der Waals surface area contributed by atoms with Crippen LogP contribution in [0.2, 0.25) is 0 Å². The maximum Gasteiger partial charge on any atom is 0.160 e. The molecule has 1 rings (SSSR count). The first kappa shape index (κ1) is 11.4. The Morgan fingerprint density at radius 2 is 1.93 bits per heavy atom. The largest absolute Gasteiger partial charge is 0.493 e. The zero-order chi connectivity index (χ0) is 11.3. The minimum absolute atomic E-state index is 0.594. The minimum atomic E-state index is 0.594. The highest BCUT2D eigenvalue weighted by Crippen LogP contribution is 2.27. The van der Waals surface area contributed by atoms with Crippen molar-refractivity contribution in [2.24, 2.45) is 5.16 Å². The molecule has 0 fully saturated rings. The lowest BCUT2D eigenvalue weighted by molar-refractivity contribution is 0.317. The summed E-state index contributed by atoms with van der Waals surface area (Å²) in [7, 11) is 3.19. The molecule has 82 valence electrons. The number of rotatable bonds is 4. The standard InChI is InChI=1S/C11H15NO3/c1-8(12-13)6-9-4-5-10(14-2)11(7-9)15-3/h4-5,7,13H,6H2,1-3H3. The third kappa shape index (κ3) is 2.87. The van der Waals surface area contributed by atoms with Gasteiger partial charge in [0.25, 0.3) is 0 Å². The van der Waals surface area contributed by atoms with Gasteiger partial charge in [-0.3, -0.25) is 0 Å². The summed E-state index contributed by atoms with van der Waals surface area (Å²) in [6, 6.07) is 5.61. The lowest BCUT2D eigenvalue weighted by Crippen LogP contribution is -1.98. The zero-order valence-corrected chi connectivity index (χ0v) is 9.15. The summed E-state index contributed by atoms with van der Waals surface area (Å²) in [6.07, 6.45) is 0.594. The predicted octanol–water partition coefficient (Wildman–Crippen LogP) is 2.10. The Hall–Kier alpha value is -1.71. The van der Waals surface area contributed by atoms with E-state index in [2.05, 4.69) is 5.16 Å². The van der Waals surface area contributed by atoms with Crippen molar-refractivity contribution in [2.75, 3.05) is 14.2 Å². The normalized spacial score (nSPS) is 11.3. The van der Waals surface area contributed by atoms with Crippen LogP contribution in [-0.2, 0) is 6.42 Å². The summed E-state index contributed by atoms with van der Waals surface area (Å²) in [6.45, 7) is 1.76. The maximum atomic E-state index is 8.56. The Morgan fingerprint density at radius 3 is 2.47 bits per heavy atom. The van der Waals surface area contributed by atoms with Gasteiger partial charge in [0.1, 0.15) is 0 Å². The van der Waals surface area contributed by atoms with Crippen molar-refractivity contribution >= 4 is 5.71 Å². The first-order chi connectivity index (χ1) is 7.21. The van der Waals surface area contributed by atoms with Gasteiger partial charge >= 0.3 is 0 Å². The van der Waals surface area contributed by atoms with Gasteiger partial charge in [-0.15, -0.1) is 0 Å². The molecule has 0 heterocycles. The molecule has 0 saturated carbocycles. The topological polar surface area (TPSA) is 51.0 Å². The van der Waals surface area contributed by atoms with Crippen LogP contribution in [-0.4, -0.2) is 25.1 Å². The molecule has 1 aromatic carbocycles. The average molecular weight is 209 g/mol. The van der Waals surface area contributed by atoms with Crippen molar-refractivity contribution in [1.29, 1.82) is 0 Å². The second-order valence-electron chi connectivity index (χ2n) is 3.20. The Morgan fingerprint density at radius 1 is 1.27 bits per heavy atom. The predicted molar refractivity (Wildman–Crippen MR) is 58.1 cm³/mol. The van der Waals surface area contributed by atoms with E-state index in [1.165, 1.54) is 0 Å². The summed E-state index contributed by atoms with van der Waals surface area (Å²) in [5.41, 5.74) is 1.67. The fourth-order valence-corrected chi connectivity index (χ4v) is 1.32. The summed E-state index contributed by atoms with van der Waals surface area (Å²) in [5.74, 6) is 1.38. The molecule has 0 bridgehead atoms. The second-order valence-corrected chi connectivity index (χ2v) is 3.20. The van der Waals surface area contributed by atoms with Crippen molar-refractivity contribution in [2.45, 2.75) is 13.3 Å². The monoisotopic (exact) mass is 209 g/mol. The van der Waals surface area contributed by atoms with Gasteiger partial charge in [0, 0.05) is 6.42 Å². The number of hydrogen-bond donors (Lipinski definition) is 1. The fraction of sp³-hybridized carbons (Fsp3) is 0.364. The van der Waals surface area contributed by atoms with Crippen LogP contribution in [0.15, 0.2) is 23.4 Å². The van der Waals surface area contributed by atoms with Gasteiger partial charge in [-0.25, -0.2) is 0 Å². The lowest BCUT2D eigenvalue weighted by Gasteiger charge is -2.08. The first-order valence-electron chi connectivity index (χ1n) is 4.59. The van der Waals surface area contributed by atoms with E-state index < -0.39 is 0 Å². The molecule has 0 aliphatic carbocycles. The minimum Gasteiger partial charge on any atom is -0.493 e. The van der Waals surface area contributed by atoms with Gasteiger partial charge < -0.3 is 14.7 Å². The average Bonchev–Trinajstić information content (AvgIpc) is 2.28. The molecule has 0 amide bonds. The molecule has 0 spiro atoms. The first-order valence-corrected chi connectivity index (χ1v) is 4.59. The van der Waals surface area contributed by atoms with Gasteiger partial charge in [0.2, 0.25) is 0 Å². The van der Waals surface area contributed by atoms with E-state index >= 15 is 0 Å². The molecule has 0 atom stereocenters. The van der Waals surface area contributed by atoms with E-state index in [9.17, 15) is 0 Å². The second kappa shape index (κ2) is 5.24. The summed E-state index contributed by atoms with van der Waals surface area (Å²) < 4.78 is 10.3. The molecule has 0 aromatic heterocycles. The van der Waals surface area contributed by atoms with E-state index in [4.69, 9.17) is 14.7 Å². The molecule has 1 aromatic rings.